The van der Waals surface area contributed by atoms with E-state index in [0.29, 0.717) is 23.1 Å². The number of hydrogen-bond donors (Lipinski definition) is 1. The number of carbonyl (C=O) groups excluding carboxylic acids is 1. The normalized spacial score (nSPS) is 16.3. The maximum absolute atomic E-state index is 12.8. The van der Waals surface area contributed by atoms with E-state index in [1.807, 2.05) is 0 Å². The molecule has 0 unspecified atom stereocenters. The lowest BCUT2D eigenvalue weighted by Crippen LogP contribution is -2.53. The van der Waals surface area contributed by atoms with E-state index in [9.17, 15) is 9.18 Å². The molecule has 1 saturated heterocycles. The van der Waals surface area contributed by atoms with Crippen LogP contribution in [0.3, 0.4) is 0 Å². The molecule has 1 heterocycles. The van der Waals surface area contributed by atoms with Gasteiger partial charge in [-0.15, -0.1) is 0 Å². The molecule has 1 N–H and O–H groups in total. The Balaban J connectivity index is 2.19. The summed E-state index contributed by atoms with van der Waals surface area (Å²) in [5.74, 6) is -0.575. The van der Waals surface area contributed by atoms with Gasteiger partial charge in [0.15, 0.2) is 0 Å². The van der Waals surface area contributed by atoms with Crippen LogP contribution in [0.1, 0.15) is 10.4 Å². The van der Waals surface area contributed by atoms with Crippen molar-refractivity contribution in [1.29, 1.82) is 0 Å². The Bertz CT molecular complexity index is 404. The second-order valence-electron chi connectivity index (χ2n) is 3.49. The Labute approximate surface area is 94.6 Å². The Kier molecular flexibility index (Phi) is 2.75. The van der Waals surface area contributed by atoms with Gasteiger partial charge in [0.25, 0.3) is 5.91 Å². The standard InChI is InChI=1S/C10H9BrFNO2/c11-9-3-6(12)1-2-8(9)10(15)13-4-7(14)5-13/h1-3,7,14H,4-5H2. The first kappa shape index (κ1) is 10.6. The van der Waals surface area contributed by atoms with Crippen LogP contribution in [0.4, 0.5) is 4.39 Å². The van der Waals surface area contributed by atoms with Gasteiger partial charge in [0.1, 0.15) is 5.82 Å². The topological polar surface area (TPSA) is 40.5 Å². The molecule has 80 valence electrons. The van der Waals surface area contributed by atoms with Crippen LogP contribution in [-0.2, 0) is 0 Å². The quantitative estimate of drug-likeness (QED) is 0.841. The summed E-state index contributed by atoms with van der Waals surface area (Å²) in [6.07, 6.45) is -0.423. The monoisotopic (exact) mass is 273 g/mol. The van der Waals surface area contributed by atoms with E-state index in [1.54, 1.807) is 0 Å². The first-order valence-corrected chi connectivity index (χ1v) is 5.29. The van der Waals surface area contributed by atoms with Crippen LogP contribution in [0.5, 0.6) is 0 Å². The minimum atomic E-state index is -0.423. The lowest BCUT2D eigenvalue weighted by Gasteiger charge is -2.36. The van der Waals surface area contributed by atoms with Gasteiger partial charge in [0, 0.05) is 17.6 Å². The van der Waals surface area contributed by atoms with E-state index in [0.717, 1.165) is 0 Å². The van der Waals surface area contributed by atoms with Crippen LogP contribution in [0, 0.1) is 5.82 Å². The third kappa shape index (κ3) is 2.03. The van der Waals surface area contributed by atoms with Gasteiger partial charge in [0.2, 0.25) is 0 Å². The summed E-state index contributed by atoms with van der Waals surface area (Å²) in [4.78, 5) is 13.3. The van der Waals surface area contributed by atoms with Crippen molar-refractivity contribution in [3.8, 4) is 0 Å². The molecule has 3 nitrogen and oxygen atoms in total. The van der Waals surface area contributed by atoms with Crippen molar-refractivity contribution in [1.82, 2.24) is 4.90 Å². The molecule has 1 fully saturated rings. The summed E-state index contributed by atoms with van der Waals surface area (Å²) >= 11 is 3.13. The summed E-state index contributed by atoms with van der Waals surface area (Å²) in [5.41, 5.74) is 0.420. The van der Waals surface area contributed by atoms with Crippen LogP contribution in [0.15, 0.2) is 22.7 Å². The highest BCUT2D eigenvalue weighted by Crippen LogP contribution is 2.21. The van der Waals surface area contributed by atoms with Crippen LogP contribution >= 0.6 is 15.9 Å². The van der Waals surface area contributed by atoms with Crippen LogP contribution in [-0.4, -0.2) is 35.1 Å². The zero-order valence-electron chi connectivity index (χ0n) is 7.78. The Morgan fingerprint density at radius 2 is 2.20 bits per heavy atom. The van der Waals surface area contributed by atoms with Gasteiger partial charge < -0.3 is 10.0 Å². The molecule has 0 saturated carbocycles. The number of β-amino-alcohol motifs (C(OH)–C–C–N with tert-alkyl or cyclic N) is 1. The minimum absolute atomic E-state index is 0.188. The van der Waals surface area contributed by atoms with Gasteiger partial charge in [-0.1, -0.05) is 0 Å². The molecule has 1 amide bonds. The second-order valence-corrected chi connectivity index (χ2v) is 4.34. The first-order valence-electron chi connectivity index (χ1n) is 4.50. The largest absolute Gasteiger partial charge is 0.389 e. The van der Waals surface area contributed by atoms with Crippen LogP contribution in [0.25, 0.3) is 0 Å². The van der Waals surface area contributed by atoms with Crippen molar-refractivity contribution < 1.29 is 14.3 Å². The number of halogens is 2. The second kappa shape index (κ2) is 3.90. The highest BCUT2D eigenvalue weighted by Gasteiger charge is 2.30. The van der Waals surface area contributed by atoms with Crippen molar-refractivity contribution in [3.63, 3.8) is 0 Å². The molecule has 1 aliphatic heterocycles. The molecular formula is C10H9BrFNO2. The molecule has 5 heteroatoms. The highest BCUT2D eigenvalue weighted by atomic mass is 79.9. The molecule has 0 bridgehead atoms. The van der Waals surface area contributed by atoms with Gasteiger partial charge in [-0.25, -0.2) is 4.39 Å². The number of aliphatic hydroxyl groups excluding tert-OH is 1. The fourth-order valence-electron chi connectivity index (χ4n) is 1.45. The van der Waals surface area contributed by atoms with Gasteiger partial charge in [-0.3, -0.25) is 4.79 Å². The average Bonchev–Trinajstić information content (AvgIpc) is 2.12. The van der Waals surface area contributed by atoms with Crippen molar-refractivity contribution in [2.24, 2.45) is 0 Å². The summed E-state index contributed by atoms with van der Waals surface area (Å²) in [6.45, 7) is 0.700. The van der Waals surface area contributed by atoms with E-state index >= 15 is 0 Å². The molecule has 0 atom stereocenters. The molecule has 1 aromatic rings. The number of benzene rings is 1. The molecule has 0 aromatic heterocycles. The van der Waals surface area contributed by atoms with Gasteiger partial charge in [0.05, 0.1) is 11.7 Å². The van der Waals surface area contributed by atoms with Crippen molar-refractivity contribution in [2.45, 2.75) is 6.10 Å². The summed E-state index contributed by atoms with van der Waals surface area (Å²) < 4.78 is 13.2. The molecule has 2 rings (SSSR count). The third-order valence-electron chi connectivity index (χ3n) is 2.31. The maximum atomic E-state index is 12.8. The Morgan fingerprint density at radius 1 is 1.53 bits per heavy atom. The highest BCUT2D eigenvalue weighted by molar-refractivity contribution is 9.10. The van der Waals surface area contributed by atoms with E-state index < -0.39 is 6.10 Å². The smallest absolute Gasteiger partial charge is 0.255 e. The van der Waals surface area contributed by atoms with Crippen LogP contribution < -0.4 is 0 Å². The third-order valence-corrected chi connectivity index (χ3v) is 2.97. The van der Waals surface area contributed by atoms with Crippen molar-refractivity contribution in [2.75, 3.05) is 13.1 Å². The minimum Gasteiger partial charge on any atom is -0.389 e. The van der Waals surface area contributed by atoms with Crippen molar-refractivity contribution >= 4 is 21.8 Å². The van der Waals surface area contributed by atoms with Gasteiger partial charge in [-0.05, 0) is 34.1 Å². The SMILES string of the molecule is O=C(c1ccc(F)cc1Br)N1CC(O)C1. The summed E-state index contributed by atoms with van der Waals surface area (Å²) in [6, 6.07) is 3.93. The molecular weight excluding hydrogens is 265 g/mol. The lowest BCUT2D eigenvalue weighted by atomic mass is 10.1. The van der Waals surface area contributed by atoms with E-state index in [2.05, 4.69) is 15.9 Å². The molecule has 1 aliphatic rings. The fraction of sp³-hybridized carbons (Fsp3) is 0.300. The number of aliphatic hydroxyl groups is 1. The van der Waals surface area contributed by atoms with E-state index in [4.69, 9.17) is 5.11 Å². The molecule has 0 radical (unpaired) electrons. The molecule has 1 aromatic carbocycles. The summed E-state index contributed by atoms with van der Waals surface area (Å²) in [7, 11) is 0. The predicted molar refractivity (Wildman–Crippen MR) is 56.0 cm³/mol. The molecule has 0 aliphatic carbocycles. The van der Waals surface area contributed by atoms with E-state index in [-0.39, 0.29) is 11.7 Å². The number of amides is 1. The zero-order valence-corrected chi connectivity index (χ0v) is 9.37. The fourth-order valence-corrected chi connectivity index (χ4v) is 1.97. The van der Waals surface area contributed by atoms with Crippen LogP contribution in [0.2, 0.25) is 0 Å². The first-order chi connectivity index (χ1) is 7.08. The number of rotatable bonds is 1. The van der Waals surface area contributed by atoms with Gasteiger partial charge in [-0.2, -0.15) is 0 Å². The van der Waals surface area contributed by atoms with E-state index in [1.165, 1.54) is 23.1 Å². The maximum Gasteiger partial charge on any atom is 0.255 e. The molecule has 15 heavy (non-hydrogen) atoms. The number of likely N-dealkylation sites (tertiary alicyclic amines) is 1. The lowest BCUT2D eigenvalue weighted by molar-refractivity contribution is 0.00582. The number of nitrogens with zero attached hydrogens (tertiary/aromatic N) is 1. The Hall–Kier alpha value is -0.940. The zero-order chi connectivity index (χ0) is 11.0. The Morgan fingerprint density at radius 3 is 2.73 bits per heavy atom. The van der Waals surface area contributed by atoms with Crippen molar-refractivity contribution in [3.05, 3.63) is 34.1 Å². The number of hydrogen-bond acceptors (Lipinski definition) is 2. The summed E-state index contributed by atoms with van der Waals surface area (Å²) in [5, 5.41) is 9.06. The van der Waals surface area contributed by atoms with Gasteiger partial charge >= 0.3 is 0 Å². The average molecular weight is 274 g/mol. The number of carbonyl (C=O) groups is 1. The predicted octanol–water partition coefficient (Wildman–Crippen LogP) is 1.40. The molecule has 0 spiro atoms.